The van der Waals surface area contributed by atoms with Gasteiger partial charge in [-0.25, -0.2) is 0 Å². The average Bonchev–Trinajstić information content (AvgIpc) is 2.71. The standard InChI is InChI=1S/C12H12ClN3OS/c1-16-6-10(14-7-17)12(15-16)9-5-8(13)3-4-11(9)18-2/h3-7H,1-2H3,(H,14,17). The Bertz CT molecular complexity index is 583. The largest absolute Gasteiger partial charge is 0.326 e. The van der Waals surface area contributed by atoms with Gasteiger partial charge < -0.3 is 5.32 Å². The van der Waals surface area contributed by atoms with Crippen LogP contribution in [0.2, 0.25) is 5.02 Å². The van der Waals surface area contributed by atoms with Gasteiger partial charge in [-0.05, 0) is 24.5 Å². The number of amides is 1. The Morgan fingerprint density at radius 2 is 2.28 bits per heavy atom. The van der Waals surface area contributed by atoms with Gasteiger partial charge >= 0.3 is 0 Å². The van der Waals surface area contributed by atoms with Gasteiger partial charge in [-0.15, -0.1) is 11.8 Å². The van der Waals surface area contributed by atoms with Crippen LogP contribution in [0.1, 0.15) is 0 Å². The molecule has 0 aliphatic carbocycles. The molecule has 2 rings (SSSR count). The number of benzene rings is 1. The lowest BCUT2D eigenvalue weighted by Gasteiger charge is -2.07. The van der Waals surface area contributed by atoms with Crippen LogP contribution in [-0.4, -0.2) is 22.4 Å². The topological polar surface area (TPSA) is 46.9 Å². The highest BCUT2D eigenvalue weighted by Gasteiger charge is 2.14. The Labute approximate surface area is 114 Å². The van der Waals surface area contributed by atoms with E-state index in [9.17, 15) is 4.79 Å². The van der Waals surface area contributed by atoms with E-state index in [0.29, 0.717) is 17.1 Å². The monoisotopic (exact) mass is 281 g/mol. The summed E-state index contributed by atoms with van der Waals surface area (Å²) in [5.74, 6) is 0. The zero-order valence-electron chi connectivity index (χ0n) is 9.98. The number of carbonyl (C=O) groups is 1. The molecule has 0 unspecified atom stereocenters. The normalized spacial score (nSPS) is 10.4. The van der Waals surface area contributed by atoms with Crippen molar-refractivity contribution in [3.8, 4) is 11.3 Å². The Balaban J connectivity index is 2.59. The summed E-state index contributed by atoms with van der Waals surface area (Å²) in [6.45, 7) is 0. The molecular formula is C12H12ClN3OS. The number of anilines is 1. The van der Waals surface area contributed by atoms with Gasteiger partial charge in [0.2, 0.25) is 6.41 Å². The molecule has 2 aromatic rings. The first kappa shape index (κ1) is 13.0. The number of hydrogen-bond donors (Lipinski definition) is 1. The van der Waals surface area contributed by atoms with Gasteiger partial charge in [0.15, 0.2) is 0 Å². The van der Waals surface area contributed by atoms with E-state index in [0.717, 1.165) is 16.2 Å². The van der Waals surface area contributed by atoms with Gasteiger partial charge in [0, 0.05) is 28.7 Å². The Hall–Kier alpha value is -1.46. The number of thioether (sulfide) groups is 1. The SMILES string of the molecule is CSc1ccc(Cl)cc1-c1nn(C)cc1NC=O. The molecule has 0 saturated carbocycles. The fraction of sp³-hybridized carbons (Fsp3) is 0.167. The van der Waals surface area contributed by atoms with Crippen molar-refractivity contribution in [2.75, 3.05) is 11.6 Å². The minimum absolute atomic E-state index is 0.643. The maximum atomic E-state index is 10.6. The van der Waals surface area contributed by atoms with Crippen LogP contribution in [0.4, 0.5) is 5.69 Å². The van der Waals surface area contributed by atoms with Crippen LogP contribution >= 0.6 is 23.4 Å². The molecule has 1 aromatic heterocycles. The second-order valence-electron chi connectivity index (χ2n) is 3.67. The fourth-order valence-corrected chi connectivity index (χ4v) is 2.47. The summed E-state index contributed by atoms with van der Waals surface area (Å²) < 4.78 is 1.66. The summed E-state index contributed by atoms with van der Waals surface area (Å²) in [4.78, 5) is 11.7. The second kappa shape index (κ2) is 5.46. The predicted molar refractivity (Wildman–Crippen MR) is 75.1 cm³/mol. The fourth-order valence-electron chi connectivity index (χ4n) is 1.72. The third-order valence-electron chi connectivity index (χ3n) is 2.46. The number of nitrogens with zero attached hydrogens (tertiary/aromatic N) is 2. The second-order valence-corrected chi connectivity index (χ2v) is 4.96. The van der Waals surface area contributed by atoms with Gasteiger partial charge in [0.25, 0.3) is 0 Å². The Morgan fingerprint density at radius 3 is 2.94 bits per heavy atom. The van der Waals surface area contributed by atoms with E-state index in [1.807, 2.05) is 31.5 Å². The number of aromatic nitrogens is 2. The average molecular weight is 282 g/mol. The highest BCUT2D eigenvalue weighted by atomic mass is 35.5. The molecule has 18 heavy (non-hydrogen) atoms. The maximum absolute atomic E-state index is 10.6. The van der Waals surface area contributed by atoms with Crippen molar-refractivity contribution in [3.05, 3.63) is 29.4 Å². The molecule has 0 bridgehead atoms. The molecule has 0 aliphatic heterocycles. The first-order valence-corrected chi connectivity index (χ1v) is 6.83. The molecule has 1 N–H and O–H groups in total. The van der Waals surface area contributed by atoms with E-state index in [1.165, 1.54) is 0 Å². The summed E-state index contributed by atoms with van der Waals surface area (Å²) in [5, 5.41) is 7.67. The summed E-state index contributed by atoms with van der Waals surface area (Å²) in [6.07, 6.45) is 4.39. The minimum Gasteiger partial charge on any atom is -0.326 e. The molecule has 0 radical (unpaired) electrons. The minimum atomic E-state index is 0.643. The zero-order chi connectivity index (χ0) is 13.1. The third kappa shape index (κ3) is 2.52. The highest BCUT2D eigenvalue weighted by molar-refractivity contribution is 7.98. The van der Waals surface area contributed by atoms with E-state index in [4.69, 9.17) is 11.6 Å². The van der Waals surface area contributed by atoms with Crippen LogP contribution in [0.5, 0.6) is 0 Å². The van der Waals surface area contributed by atoms with Gasteiger partial charge in [-0.3, -0.25) is 9.48 Å². The van der Waals surface area contributed by atoms with Crippen molar-refractivity contribution in [3.63, 3.8) is 0 Å². The lowest BCUT2D eigenvalue weighted by molar-refractivity contribution is -0.105. The molecule has 1 amide bonds. The van der Waals surface area contributed by atoms with Crippen molar-refractivity contribution in [1.82, 2.24) is 9.78 Å². The molecule has 94 valence electrons. The van der Waals surface area contributed by atoms with E-state index < -0.39 is 0 Å². The molecule has 1 heterocycles. The van der Waals surface area contributed by atoms with Crippen LogP contribution in [-0.2, 0) is 11.8 Å². The summed E-state index contributed by atoms with van der Waals surface area (Å²) in [7, 11) is 1.81. The van der Waals surface area contributed by atoms with Crippen molar-refractivity contribution in [2.45, 2.75) is 4.90 Å². The van der Waals surface area contributed by atoms with Gasteiger partial charge in [0.05, 0.1) is 5.69 Å². The molecule has 0 aliphatic rings. The van der Waals surface area contributed by atoms with E-state index in [1.54, 1.807) is 22.6 Å². The van der Waals surface area contributed by atoms with E-state index in [-0.39, 0.29) is 0 Å². The molecule has 6 heteroatoms. The van der Waals surface area contributed by atoms with Gasteiger partial charge in [0.1, 0.15) is 5.69 Å². The summed E-state index contributed by atoms with van der Waals surface area (Å²) in [5.41, 5.74) is 2.31. The first-order chi connectivity index (χ1) is 8.65. The maximum Gasteiger partial charge on any atom is 0.211 e. The summed E-state index contributed by atoms with van der Waals surface area (Å²) in [6, 6.07) is 5.64. The number of carbonyl (C=O) groups excluding carboxylic acids is 1. The van der Waals surface area contributed by atoms with Crippen LogP contribution < -0.4 is 5.32 Å². The number of hydrogen-bond acceptors (Lipinski definition) is 3. The van der Waals surface area contributed by atoms with Crippen LogP contribution in [0.25, 0.3) is 11.3 Å². The third-order valence-corrected chi connectivity index (χ3v) is 3.49. The predicted octanol–water partition coefficient (Wildman–Crippen LogP) is 3.03. The molecule has 0 saturated heterocycles. The number of aryl methyl sites for hydroxylation is 1. The molecule has 4 nitrogen and oxygen atoms in total. The van der Waals surface area contributed by atoms with Gasteiger partial charge in [-0.1, -0.05) is 11.6 Å². The number of nitrogens with one attached hydrogen (secondary N) is 1. The smallest absolute Gasteiger partial charge is 0.211 e. The number of rotatable bonds is 4. The molecule has 1 aromatic carbocycles. The highest BCUT2D eigenvalue weighted by Crippen LogP contribution is 2.35. The Morgan fingerprint density at radius 1 is 1.50 bits per heavy atom. The zero-order valence-corrected chi connectivity index (χ0v) is 11.5. The van der Waals surface area contributed by atoms with E-state index >= 15 is 0 Å². The Kier molecular flexibility index (Phi) is 3.93. The summed E-state index contributed by atoms with van der Waals surface area (Å²) >= 11 is 7.64. The van der Waals surface area contributed by atoms with E-state index in [2.05, 4.69) is 10.4 Å². The van der Waals surface area contributed by atoms with Crippen molar-refractivity contribution in [1.29, 1.82) is 0 Å². The molecule has 0 fully saturated rings. The lowest BCUT2D eigenvalue weighted by Crippen LogP contribution is -1.95. The number of halogens is 1. The van der Waals surface area contributed by atoms with Crippen LogP contribution in [0, 0.1) is 0 Å². The van der Waals surface area contributed by atoms with Gasteiger partial charge in [-0.2, -0.15) is 5.10 Å². The van der Waals surface area contributed by atoms with Crippen molar-refractivity contribution < 1.29 is 4.79 Å². The van der Waals surface area contributed by atoms with Crippen LogP contribution in [0.15, 0.2) is 29.3 Å². The molecule has 0 atom stereocenters. The molecular weight excluding hydrogens is 270 g/mol. The van der Waals surface area contributed by atoms with Crippen molar-refractivity contribution in [2.24, 2.45) is 7.05 Å². The quantitative estimate of drug-likeness (QED) is 0.692. The molecule has 0 spiro atoms. The van der Waals surface area contributed by atoms with Crippen molar-refractivity contribution >= 4 is 35.5 Å². The first-order valence-electron chi connectivity index (χ1n) is 5.23. The van der Waals surface area contributed by atoms with Crippen LogP contribution in [0.3, 0.4) is 0 Å². The lowest BCUT2D eigenvalue weighted by atomic mass is 10.1.